The number of carbonyl (C=O) groups excluding carboxylic acids is 3. The predicted octanol–water partition coefficient (Wildman–Crippen LogP) is 7.35. The second-order valence-electron chi connectivity index (χ2n) is 15.6. The molecule has 8 heteroatoms. The molecule has 0 saturated heterocycles. The van der Waals surface area contributed by atoms with Gasteiger partial charge in [0.15, 0.2) is 5.78 Å². The number of rotatable bonds is 2. The van der Waals surface area contributed by atoms with Crippen molar-refractivity contribution in [2.24, 2.45) is 50.7 Å². The molecule has 4 aliphatic rings. The van der Waals surface area contributed by atoms with E-state index in [4.69, 9.17) is 0 Å². The summed E-state index contributed by atoms with van der Waals surface area (Å²) < 4.78 is 38.9. The van der Waals surface area contributed by atoms with Crippen LogP contribution in [0, 0.1) is 62.1 Å². The maximum Gasteiger partial charge on any atom is 0.471 e. The fourth-order valence-electron chi connectivity index (χ4n) is 9.77. The smallest absolute Gasteiger partial charge is 0.348 e. The Bertz CT molecular complexity index is 1180. The van der Waals surface area contributed by atoms with Gasteiger partial charge in [0.2, 0.25) is 0 Å². The molecule has 0 aromatic rings. The maximum absolute atomic E-state index is 14.2. The van der Waals surface area contributed by atoms with Crippen molar-refractivity contribution < 1.29 is 27.6 Å². The fourth-order valence-corrected chi connectivity index (χ4v) is 9.77. The van der Waals surface area contributed by atoms with Gasteiger partial charge < -0.3 is 5.32 Å². The van der Waals surface area contributed by atoms with Crippen molar-refractivity contribution >= 4 is 17.5 Å². The van der Waals surface area contributed by atoms with Crippen LogP contribution in [0.5, 0.6) is 0 Å². The highest BCUT2D eigenvalue weighted by Gasteiger charge is 2.68. The minimum atomic E-state index is -4.91. The first kappa shape index (κ1) is 31.8. The zero-order valence-corrected chi connectivity index (χ0v) is 25.8. The van der Waals surface area contributed by atoms with Gasteiger partial charge in [-0.2, -0.15) is 18.4 Å². The third-order valence-corrected chi connectivity index (χ3v) is 12.6. The van der Waals surface area contributed by atoms with Gasteiger partial charge in [-0.1, -0.05) is 54.5 Å². The second kappa shape index (κ2) is 10.2. The lowest BCUT2D eigenvalue weighted by atomic mass is 9.35. The first-order valence-corrected chi connectivity index (χ1v) is 15.3. The van der Waals surface area contributed by atoms with Gasteiger partial charge in [0.1, 0.15) is 11.9 Å². The van der Waals surface area contributed by atoms with E-state index in [0.717, 1.165) is 32.1 Å². The molecule has 3 saturated carbocycles. The summed E-state index contributed by atoms with van der Waals surface area (Å²) in [4.78, 5) is 39.1. The van der Waals surface area contributed by atoms with Gasteiger partial charge in [0, 0.05) is 24.3 Å². The number of fused-ring (bicyclic) bond motifs is 5. The number of allylic oxidation sites excluding steroid dienone is 2. The highest BCUT2D eigenvalue weighted by atomic mass is 19.4. The summed E-state index contributed by atoms with van der Waals surface area (Å²) in [5.74, 6) is -2.13. The predicted molar refractivity (Wildman–Crippen MR) is 150 cm³/mol. The van der Waals surface area contributed by atoms with Gasteiger partial charge in [0.25, 0.3) is 0 Å². The van der Waals surface area contributed by atoms with Crippen LogP contribution in [0.4, 0.5) is 13.2 Å². The van der Waals surface area contributed by atoms with Crippen LogP contribution in [-0.2, 0) is 14.4 Å². The first-order chi connectivity index (χ1) is 18.7. The number of Topliss-reactive ketones (excluding diaryl/α,β-unsaturated/α-hetero) is 2. The van der Waals surface area contributed by atoms with Crippen molar-refractivity contribution in [2.75, 3.05) is 6.54 Å². The van der Waals surface area contributed by atoms with Crippen LogP contribution in [0.2, 0.25) is 0 Å². The molecule has 0 aliphatic heterocycles. The minimum Gasteiger partial charge on any atom is -0.348 e. The topological polar surface area (TPSA) is 87.0 Å². The van der Waals surface area contributed by atoms with Gasteiger partial charge in [-0.25, -0.2) is 0 Å². The molecule has 0 aromatic heterocycles. The zero-order chi connectivity index (χ0) is 30.8. The zero-order valence-electron chi connectivity index (χ0n) is 25.8. The van der Waals surface area contributed by atoms with Gasteiger partial charge in [-0.05, 0) is 90.8 Å². The van der Waals surface area contributed by atoms with Crippen molar-refractivity contribution in [2.45, 2.75) is 112 Å². The molecule has 41 heavy (non-hydrogen) atoms. The van der Waals surface area contributed by atoms with Crippen molar-refractivity contribution in [1.29, 1.82) is 5.26 Å². The third kappa shape index (κ3) is 5.18. The van der Waals surface area contributed by atoms with Crippen molar-refractivity contribution in [3.05, 3.63) is 11.6 Å². The number of amides is 1. The number of nitrogens with one attached hydrogen (secondary N) is 1. The summed E-state index contributed by atoms with van der Waals surface area (Å²) in [5.41, 5.74) is -1.79. The Morgan fingerprint density at radius 2 is 1.51 bits per heavy atom. The van der Waals surface area contributed by atoms with Crippen LogP contribution in [-0.4, -0.2) is 30.2 Å². The summed E-state index contributed by atoms with van der Waals surface area (Å²) in [6.45, 7) is 14.8. The average molecular weight is 577 g/mol. The van der Waals surface area contributed by atoms with Gasteiger partial charge in [-0.3, -0.25) is 14.4 Å². The van der Waals surface area contributed by atoms with E-state index in [1.165, 1.54) is 0 Å². The monoisotopic (exact) mass is 576 g/mol. The van der Waals surface area contributed by atoms with Crippen LogP contribution in [0.15, 0.2) is 11.6 Å². The van der Waals surface area contributed by atoms with E-state index in [2.05, 4.69) is 46.0 Å². The fraction of sp³-hybridized carbons (Fsp3) is 0.818. The van der Waals surface area contributed by atoms with E-state index in [9.17, 15) is 32.8 Å². The Hall–Kier alpha value is -2.17. The van der Waals surface area contributed by atoms with Crippen LogP contribution < -0.4 is 5.32 Å². The molecule has 3 unspecified atom stereocenters. The number of hydrogen-bond acceptors (Lipinski definition) is 4. The van der Waals surface area contributed by atoms with Gasteiger partial charge in [-0.15, -0.1) is 0 Å². The van der Waals surface area contributed by atoms with Crippen molar-refractivity contribution in [1.82, 2.24) is 5.32 Å². The number of ketones is 2. The number of nitriles is 1. The molecule has 0 spiro atoms. The van der Waals surface area contributed by atoms with E-state index >= 15 is 0 Å². The number of carbonyl (C=O) groups is 3. The quantitative estimate of drug-likeness (QED) is 0.372. The normalized spacial score (nSPS) is 40.7. The number of nitrogens with zero attached hydrogens (tertiary/aromatic N) is 1. The Balaban J connectivity index is 1.74. The lowest BCUT2D eigenvalue weighted by molar-refractivity contribution is -0.191. The Kier molecular flexibility index (Phi) is 7.92. The molecule has 1 N–H and O–H groups in total. The Morgan fingerprint density at radius 3 is 2.12 bits per heavy atom. The summed E-state index contributed by atoms with van der Waals surface area (Å²) in [6, 6.07) is 2.15. The molecule has 4 aliphatic carbocycles. The molecule has 4 rings (SSSR count). The van der Waals surface area contributed by atoms with E-state index in [1.54, 1.807) is 0 Å². The number of alkyl halides is 3. The standard InChI is InChI=1S/C33H47F3N2O3/c1-28(2)12-8-20(19-38-27(41)33(34,35)36)9-14-31(6)22(10-13-28)23(39)16-25-30(5)17-21(18-37)26(40)29(3,4)24(30)11-15-32(25,31)7/h17,20,22,24-25H,8-16,19H2,1-7H3,(H,38,41)/t20-,22?,24?,25?,30-,31+,32+/m0/s1. The van der Waals surface area contributed by atoms with E-state index < -0.39 is 28.3 Å². The summed E-state index contributed by atoms with van der Waals surface area (Å²) in [6.07, 6.45) is 3.51. The molecule has 0 heterocycles. The Labute approximate surface area is 243 Å². The average Bonchev–Trinajstić information content (AvgIpc) is 2.86. The van der Waals surface area contributed by atoms with Crippen LogP contribution in [0.1, 0.15) is 106 Å². The largest absolute Gasteiger partial charge is 0.471 e. The highest BCUT2D eigenvalue weighted by molar-refractivity contribution is 6.04. The Morgan fingerprint density at radius 1 is 0.927 bits per heavy atom. The maximum atomic E-state index is 14.2. The second-order valence-corrected chi connectivity index (χ2v) is 15.6. The molecule has 3 fully saturated rings. The first-order valence-electron chi connectivity index (χ1n) is 15.3. The lowest BCUT2D eigenvalue weighted by Crippen LogP contribution is -2.65. The van der Waals surface area contributed by atoms with Gasteiger partial charge in [0.05, 0.1) is 5.57 Å². The molecule has 0 aromatic carbocycles. The molecular formula is C33H47F3N2O3. The number of halogens is 3. The van der Waals surface area contributed by atoms with E-state index in [0.29, 0.717) is 25.7 Å². The lowest BCUT2D eigenvalue weighted by Gasteiger charge is -2.68. The van der Waals surface area contributed by atoms with Gasteiger partial charge >= 0.3 is 12.1 Å². The molecule has 0 radical (unpaired) electrons. The van der Waals surface area contributed by atoms with Crippen molar-refractivity contribution in [3.63, 3.8) is 0 Å². The van der Waals surface area contributed by atoms with Crippen LogP contribution in [0.25, 0.3) is 0 Å². The summed E-state index contributed by atoms with van der Waals surface area (Å²) >= 11 is 0. The van der Waals surface area contributed by atoms with E-state index in [-0.39, 0.29) is 58.2 Å². The summed E-state index contributed by atoms with van der Waals surface area (Å²) in [7, 11) is 0. The molecule has 228 valence electrons. The van der Waals surface area contributed by atoms with Crippen LogP contribution >= 0.6 is 0 Å². The minimum absolute atomic E-state index is 0.00872. The van der Waals surface area contributed by atoms with E-state index in [1.807, 2.05) is 19.9 Å². The summed E-state index contributed by atoms with van der Waals surface area (Å²) in [5, 5.41) is 12.0. The molecule has 5 nitrogen and oxygen atoms in total. The van der Waals surface area contributed by atoms with Crippen molar-refractivity contribution in [3.8, 4) is 6.07 Å². The molecule has 0 bridgehead atoms. The highest BCUT2D eigenvalue weighted by Crippen LogP contribution is 2.72. The van der Waals surface area contributed by atoms with Crippen LogP contribution in [0.3, 0.4) is 0 Å². The molecular weight excluding hydrogens is 529 g/mol. The third-order valence-electron chi connectivity index (χ3n) is 12.6. The molecule has 7 atom stereocenters. The SMILES string of the molecule is CC1(C)CCC2C(=O)CC3[C@@]4(C)C=C(C#N)C(=O)C(C)(C)C4CC[C@@]3(C)[C@]2(C)CC[C@@H](CNC(=O)C(F)(F)F)CC1. The number of hydrogen-bond donors (Lipinski definition) is 1. The molecule has 1 amide bonds.